The van der Waals surface area contributed by atoms with Crippen LogP contribution in [0.1, 0.15) is 25.8 Å². The molecule has 2 unspecified atom stereocenters. The Kier molecular flexibility index (Phi) is 4.51. The van der Waals surface area contributed by atoms with Crippen LogP contribution in [0, 0.1) is 5.92 Å². The number of nitrogens with one attached hydrogen (secondary N) is 1. The maximum Gasteiger partial charge on any atom is 0.0271 e. The molecule has 0 aromatic carbocycles. The third-order valence-corrected chi connectivity index (χ3v) is 3.61. The first kappa shape index (κ1) is 12.5. The van der Waals surface area contributed by atoms with Gasteiger partial charge in [0.05, 0.1) is 0 Å². The highest BCUT2D eigenvalue weighted by Crippen LogP contribution is 2.18. The molecule has 2 rings (SSSR count). The smallest absolute Gasteiger partial charge is 0.0271 e. The van der Waals surface area contributed by atoms with Crippen LogP contribution in [0.3, 0.4) is 0 Å². The molecule has 2 heterocycles. The van der Waals surface area contributed by atoms with Crippen LogP contribution in [-0.2, 0) is 6.54 Å². The van der Waals surface area contributed by atoms with Gasteiger partial charge in [-0.3, -0.25) is 9.88 Å². The summed E-state index contributed by atoms with van der Waals surface area (Å²) in [5.41, 5.74) is 1.37. The SMILES string of the molecule is CCNC1CCN(Cc2ccncc2)CC1C. The molecule has 0 spiro atoms. The van der Waals surface area contributed by atoms with Gasteiger partial charge in [0.15, 0.2) is 0 Å². The second-order valence-corrected chi connectivity index (χ2v) is 5.02. The van der Waals surface area contributed by atoms with Crippen molar-refractivity contribution in [2.24, 2.45) is 5.92 Å². The number of hydrogen-bond acceptors (Lipinski definition) is 3. The topological polar surface area (TPSA) is 28.2 Å². The summed E-state index contributed by atoms with van der Waals surface area (Å²) in [6.45, 7) is 9.08. The molecule has 94 valence electrons. The summed E-state index contributed by atoms with van der Waals surface area (Å²) < 4.78 is 0. The van der Waals surface area contributed by atoms with E-state index >= 15 is 0 Å². The summed E-state index contributed by atoms with van der Waals surface area (Å²) in [4.78, 5) is 6.61. The van der Waals surface area contributed by atoms with Crippen LogP contribution in [0.5, 0.6) is 0 Å². The summed E-state index contributed by atoms with van der Waals surface area (Å²) in [6.07, 6.45) is 5.02. The van der Waals surface area contributed by atoms with Gasteiger partial charge in [-0.1, -0.05) is 13.8 Å². The van der Waals surface area contributed by atoms with Gasteiger partial charge >= 0.3 is 0 Å². The zero-order valence-corrected chi connectivity index (χ0v) is 10.9. The number of pyridine rings is 1. The molecule has 2 atom stereocenters. The molecule has 0 saturated carbocycles. The predicted molar refractivity (Wildman–Crippen MR) is 70.8 cm³/mol. The Hall–Kier alpha value is -0.930. The van der Waals surface area contributed by atoms with Crippen LogP contribution in [-0.4, -0.2) is 35.6 Å². The zero-order chi connectivity index (χ0) is 12.1. The molecule has 1 aromatic heterocycles. The van der Waals surface area contributed by atoms with E-state index in [0.717, 1.165) is 19.0 Å². The Morgan fingerprint density at radius 1 is 1.41 bits per heavy atom. The number of hydrogen-bond donors (Lipinski definition) is 1. The van der Waals surface area contributed by atoms with Gasteiger partial charge in [0.2, 0.25) is 0 Å². The first-order chi connectivity index (χ1) is 8.29. The van der Waals surface area contributed by atoms with E-state index < -0.39 is 0 Å². The van der Waals surface area contributed by atoms with E-state index in [1.807, 2.05) is 12.4 Å². The van der Waals surface area contributed by atoms with Crippen molar-refractivity contribution in [1.82, 2.24) is 15.2 Å². The Balaban J connectivity index is 1.85. The Morgan fingerprint density at radius 3 is 2.82 bits per heavy atom. The lowest BCUT2D eigenvalue weighted by molar-refractivity contribution is 0.142. The van der Waals surface area contributed by atoms with E-state index in [1.54, 1.807) is 0 Å². The van der Waals surface area contributed by atoms with Gasteiger partial charge < -0.3 is 5.32 Å². The normalized spacial score (nSPS) is 26.0. The highest BCUT2D eigenvalue weighted by atomic mass is 15.1. The monoisotopic (exact) mass is 233 g/mol. The van der Waals surface area contributed by atoms with Crippen molar-refractivity contribution < 1.29 is 0 Å². The molecule has 0 bridgehead atoms. The summed E-state index contributed by atoms with van der Waals surface area (Å²) >= 11 is 0. The van der Waals surface area contributed by atoms with E-state index in [0.29, 0.717) is 6.04 Å². The Labute approximate surface area is 104 Å². The summed E-state index contributed by atoms with van der Waals surface area (Å²) in [7, 11) is 0. The number of piperidine rings is 1. The van der Waals surface area contributed by atoms with Gasteiger partial charge in [-0.25, -0.2) is 0 Å². The van der Waals surface area contributed by atoms with Crippen LogP contribution in [0.15, 0.2) is 24.5 Å². The molecule has 1 aliphatic rings. The van der Waals surface area contributed by atoms with E-state index in [9.17, 15) is 0 Å². The first-order valence-corrected chi connectivity index (χ1v) is 6.64. The minimum absolute atomic E-state index is 0.702. The molecular formula is C14H23N3. The van der Waals surface area contributed by atoms with E-state index in [4.69, 9.17) is 0 Å². The molecule has 1 saturated heterocycles. The van der Waals surface area contributed by atoms with Crippen LogP contribution < -0.4 is 5.32 Å². The van der Waals surface area contributed by atoms with Gasteiger partial charge in [0.1, 0.15) is 0 Å². The van der Waals surface area contributed by atoms with E-state index in [2.05, 4.69) is 41.2 Å². The predicted octanol–water partition coefficient (Wildman–Crippen LogP) is 1.90. The van der Waals surface area contributed by atoms with Crippen LogP contribution in [0.25, 0.3) is 0 Å². The summed E-state index contributed by atoms with van der Waals surface area (Å²) in [5, 5.41) is 3.58. The van der Waals surface area contributed by atoms with Crippen molar-refractivity contribution in [3.05, 3.63) is 30.1 Å². The molecular weight excluding hydrogens is 210 g/mol. The summed E-state index contributed by atoms with van der Waals surface area (Å²) in [6, 6.07) is 4.93. The van der Waals surface area contributed by atoms with Crippen molar-refractivity contribution in [2.45, 2.75) is 32.9 Å². The van der Waals surface area contributed by atoms with Crippen molar-refractivity contribution >= 4 is 0 Å². The summed E-state index contributed by atoms with van der Waals surface area (Å²) in [5.74, 6) is 0.741. The number of rotatable bonds is 4. The zero-order valence-electron chi connectivity index (χ0n) is 10.9. The largest absolute Gasteiger partial charge is 0.314 e. The fourth-order valence-electron chi connectivity index (χ4n) is 2.69. The third kappa shape index (κ3) is 3.51. The van der Waals surface area contributed by atoms with Crippen LogP contribution in [0.4, 0.5) is 0 Å². The van der Waals surface area contributed by atoms with Gasteiger partial charge in [-0.2, -0.15) is 0 Å². The first-order valence-electron chi connectivity index (χ1n) is 6.64. The lowest BCUT2D eigenvalue weighted by Crippen LogP contribution is -2.47. The van der Waals surface area contributed by atoms with E-state index in [1.165, 1.54) is 25.1 Å². The standard InChI is InChI=1S/C14H23N3/c1-3-16-14-6-9-17(10-12(14)2)11-13-4-7-15-8-5-13/h4-5,7-8,12,14,16H,3,6,9-11H2,1-2H3. The second kappa shape index (κ2) is 6.12. The van der Waals surface area contributed by atoms with Gasteiger partial charge in [0, 0.05) is 31.5 Å². The Morgan fingerprint density at radius 2 is 2.18 bits per heavy atom. The molecule has 0 radical (unpaired) electrons. The minimum atomic E-state index is 0.702. The molecule has 3 heteroatoms. The molecule has 0 aliphatic carbocycles. The maximum atomic E-state index is 4.06. The quantitative estimate of drug-likeness (QED) is 0.861. The van der Waals surface area contributed by atoms with Crippen LogP contribution in [0.2, 0.25) is 0 Å². The fraction of sp³-hybridized carbons (Fsp3) is 0.643. The second-order valence-electron chi connectivity index (χ2n) is 5.02. The molecule has 1 fully saturated rings. The molecule has 0 amide bonds. The third-order valence-electron chi connectivity index (χ3n) is 3.61. The highest BCUT2D eigenvalue weighted by Gasteiger charge is 2.24. The van der Waals surface area contributed by atoms with Crippen molar-refractivity contribution in [1.29, 1.82) is 0 Å². The van der Waals surface area contributed by atoms with Gasteiger partial charge in [0.25, 0.3) is 0 Å². The highest BCUT2D eigenvalue weighted by molar-refractivity contribution is 5.09. The maximum absolute atomic E-state index is 4.06. The molecule has 3 nitrogen and oxygen atoms in total. The average molecular weight is 233 g/mol. The molecule has 17 heavy (non-hydrogen) atoms. The van der Waals surface area contributed by atoms with Crippen molar-refractivity contribution in [2.75, 3.05) is 19.6 Å². The fourth-order valence-corrected chi connectivity index (χ4v) is 2.69. The van der Waals surface area contributed by atoms with Crippen molar-refractivity contribution in [3.63, 3.8) is 0 Å². The molecule has 1 aliphatic heterocycles. The van der Waals surface area contributed by atoms with Gasteiger partial charge in [-0.05, 0) is 43.1 Å². The lowest BCUT2D eigenvalue weighted by Gasteiger charge is -2.37. The molecule has 1 aromatic rings. The van der Waals surface area contributed by atoms with Crippen LogP contribution >= 0.6 is 0 Å². The minimum Gasteiger partial charge on any atom is -0.314 e. The van der Waals surface area contributed by atoms with Crippen molar-refractivity contribution in [3.8, 4) is 0 Å². The molecule has 1 N–H and O–H groups in total. The average Bonchev–Trinajstić information content (AvgIpc) is 2.34. The number of nitrogens with zero attached hydrogens (tertiary/aromatic N) is 2. The van der Waals surface area contributed by atoms with E-state index in [-0.39, 0.29) is 0 Å². The lowest BCUT2D eigenvalue weighted by atomic mass is 9.93. The Bertz CT molecular complexity index is 325. The number of aromatic nitrogens is 1. The van der Waals surface area contributed by atoms with Gasteiger partial charge in [-0.15, -0.1) is 0 Å². The number of likely N-dealkylation sites (tertiary alicyclic amines) is 1.